The van der Waals surface area contributed by atoms with E-state index < -0.39 is 5.66 Å². The predicted molar refractivity (Wildman–Crippen MR) is 130 cm³/mol. The number of piperazine rings is 1. The molecule has 4 heterocycles. The zero-order valence-corrected chi connectivity index (χ0v) is 21.3. The van der Waals surface area contributed by atoms with E-state index in [2.05, 4.69) is 44.5 Å². The zero-order chi connectivity index (χ0) is 24.4. The number of aromatic nitrogens is 1. The van der Waals surface area contributed by atoms with Crippen molar-refractivity contribution in [3.63, 3.8) is 0 Å². The number of hydrogen-bond donors (Lipinski definition) is 1. The molecular weight excluding hydrogens is 430 g/mol. The monoisotopic (exact) mass is 467 g/mol. The first kappa shape index (κ1) is 23.4. The van der Waals surface area contributed by atoms with Crippen LogP contribution in [0.25, 0.3) is 0 Å². The van der Waals surface area contributed by atoms with Crippen LogP contribution in [0.2, 0.25) is 0 Å². The van der Waals surface area contributed by atoms with E-state index in [1.807, 2.05) is 4.90 Å². The summed E-state index contributed by atoms with van der Waals surface area (Å²) in [6.45, 7) is 14.8. The first-order valence-corrected chi connectivity index (χ1v) is 12.5. The second kappa shape index (κ2) is 8.12. The van der Waals surface area contributed by atoms with E-state index in [1.165, 1.54) is 6.39 Å². The topological polar surface area (TPSA) is 95.0 Å². The molecule has 1 aromatic heterocycles. The second-order valence-corrected chi connectivity index (χ2v) is 11.4. The minimum Gasteiger partial charge on any atom is -0.438 e. The molecule has 0 bridgehead atoms. The van der Waals surface area contributed by atoms with Gasteiger partial charge in [-0.05, 0) is 52.0 Å². The SMILES string of the molecule is Cc1ncoc1C(=O)N1CCN(C2(C)N=C(C3CC3)C3=C(CC(C)(C)OC3)C2=N)CC1C(C)C. The quantitative estimate of drug-likeness (QED) is 0.726. The van der Waals surface area contributed by atoms with Gasteiger partial charge in [-0.1, -0.05) is 13.8 Å². The highest BCUT2D eigenvalue weighted by Crippen LogP contribution is 2.44. The molecule has 5 rings (SSSR count). The largest absolute Gasteiger partial charge is 0.438 e. The number of aliphatic imine (C=N–C) groups is 1. The predicted octanol–water partition coefficient (Wildman–Crippen LogP) is 3.86. The molecule has 3 aliphatic heterocycles. The van der Waals surface area contributed by atoms with Crippen molar-refractivity contribution >= 4 is 17.3 Å². The molecule has 184 valence electrons. The molecule has 8 heteroatoms. The van der Waals surface area contributed by atoms with Crippen molar-refractivity contribution in [2.75, 3.05) is 26.2 Å². The van der Waals surface area contributed by atoms with Crippen molar-refractivity contribution in [3.05, 3.63) is 29.0 Å². The Morgan fingerprint density at radius 3 is 2.56 bits per heavy atom. The van der Waals surface area contributed by atoms with Crippen molar-refractivity contribution in [3.8, 4) is 0 Å². The molecule has 1 saturated carbocycles. The summed E-state index contributed by atoms with van der Waals surface area (Å²) in [4.78, 5) is 27.0. The fourth-order valence-electron chi connectivity index (χ4n) is 5.64. The molecule has 0 radical (unpaired) electrons. The van der Waals surface area contributed by atoms with Gasteiger partial charge in [0.15, 0.2) is 12.1 Å². The summed E-state index contributed by atoms with van der Waals surface area (Å²) in [5, 5.41) is 9.32. The lowest BCUT2D eigenvalue weighted by atomic mass is 9.79. The molecule has 2 unspecified atom stereocenters. The Hall–Kier alpha value is -2.32. The van der Waals surface area contributed by atoms with E-state index in [1.54, 1.807) is 6.92 Å². The van der Waals surface area contributed by atoms with E-state index in [0.717, 1.165) is 36.1 Å². The normalized spacial score (nSPS) is 30.0. The fourth-order valence-corrected chi connectivity index (χ4v) is 5.64. The molecule has 0 spiro atoms. The maximum Gasteiger partial charge on any atom is 0.291 e. The van der Waals surface area contributed by atoms with Crippen LogP contribution in [0.15, 0.2) is 26.9 Å². The lowest BCUT2D eigenvalue weighted by Gasteiger charge is -2.51. The van der Waals surface area contributed by atoms with Gasteiger partial charge in [-0.15, -0.1) is 0 Å². The van der Waals surface area contributed by atoms with E-state index in [9.17, 15) is 10.2 Å². The summed E-state index contributed by atoms with van der Waals surface area (Å²) in [6, 6.07) is -0.00328. The van der Waals surface area contributed by atoms with E-state index in [0.29, 0.717) is 49.3 Å². The van der Waals surface area contributed by atoms with Gasteiger partial charge >= 0.3 is 0 Å². The van der Waals surface area contributed by atoms with Gasteiger partial charge in [0.1, 0.15) is 0 Å². The Labute approximate surface area is 202 Å². The van der Waals surface area contributed by atoms with Crippen molar-refractivity contribution in [2.24, 2.45) is 16.8 Å². The van der Waals surface area contributed by atoms with Crippen molar-refractivity contribution < 1.29 is 13.9 Å². The van der Waals surface area contributed by atoms with Gasteiger partial charge in [0, 0.05) is 49.3 Å². The Morgan fingerprint density at radius 1 is 1.21 bits per heavy atom. The van der Waals surface area contributed by atoms with Crippen LogP contribution in [0.3, 0.4) is 0 Å². The number of nitrogens with zero attached hydrogens (tertiary/aromatic N) is 4. The number of dihydropyridines is 1. The number of ether oxygens (including phenoxy) is 1. The highest BCUT2D eigenvalue weighted by molar-refractivity contribution is 6.18. The Balaban J connectivity index is 1.45. The maximum absolute atomic E-state index is 13.3. The Kier molecular flexibility index (Phi) is 5.60. The molecule has 34 heavy (non-hydrogen) atoms. The number of hydrogen-bond acceptors (Lipinski definition) is 7. The number of nitrogens with one attached hydrogen (secondary N) is 1. The molecule has 8 nitrogen and oxygen atoms in total. The minimum absolute atomic E-state index is 0.00328. The van der Waals surface area contributed by atoms with E-state index in [4.69, 9.17) is 14.1 Å². The van der Waals surface area contributed by atoms with Gasteiger partial charge in [-0.3, -0.25) is 14.7 Å². The fraction of sp³-hybridized carbons (Fsp3) is 0.692. The number of carbonyl (C=O) groups excluding carboxylic acids is 1. The summed E-state index contributed by atoms with van der Waals surface area (Å²) in [6.07, 6.45) is 4.40. The van der Waals surface area contributed by atoms with Crippen LogP contribution >= 0.6 is 0 Å². The summed E-state index contributed by atoms with van der Waals surface area (Å²) >= 11 is 0. The van der Waals surface area contributed by atoms with Crippen LogP contribution in [0, 0.1) is 24.2 Å². The Bertz CT molecular complexity index is 1080. The molecule has 2 atom stereocenters. The lowest BCUT2D eigenvalue weighted by molar-refractivity contribution is -0.0126. The zero-order valence-electron chi connectivity index (χ0n) is 21.3. The third kappa shape index (κ3) is 3.85. The highest BCUT2D eigenvalue weighted by atomic mass is 16.5. The number of oxazole rings is 1. The van der Waals surface area contributed by atoms with E-state index >= 15 is 0 Å². The van der Waals surface area contributed by atoms with Crippen LogP contribution in [0.5, 0.6) is 0 Å². The molecular formula is C26H37N5O3. The smallest absolute Gasteiger partial charge is 0.291 e. The number of rotatable bonds is 4. The van der Waals surface area contributed by atoms with Crippen LogP contribution < -0.4 is 0 Å². The van der Waals surface area contributed by atoms with Crippen LogP contribution in [0.4, 0.5) is 0 Å². The third-order valence-electron chi connectivity index (χ3n) is 7.97. The molecule has 0 aromatic carbocycles. The average molecular weight is 468 g/mol. The lowest BCUT2D eigenvalue weighted by Crippen LogP contribution is -2.65. The van der Waals surface area contributed by atoms with Crippen molar-refractivity contribution in [1.29, 1.82) is 5.41 Å². The highest BCUT2D eigenvalue weighted by Gasteiger charge is 2.50. The van der Waals surface area contributed by atoms with Crippen LogP contribution in [0.1, 0.15) is 70.1 Å². The second-order valence-electron chi connectivity index (χ2n) is 11.4. The van der Waals surface area contributed by atoms with Crippen LogP contribution in [-0.2, 0) is 4.74 Å². The molecule has 1 saturated heterocycles. The molecule has 1 amide bonds. The summed E-state index contributed by atoms with van der Waals surface area (Å²) < 4.78 is 11.6. The first-order valence-electron chi connectivity index (χ1n) is 12.5. The van der Waals surface area contributed by atoms with Gasteiger partial charge in [-0.2, -0.15) is 0 Å². The number of amides is 1. The molecule has 1 aliphatic carbocycles. The molecule has 1 N–H and O–H groups in total. The number of carbonyl (C=O) groups is 1. The van der Waals surface area contributed by atoms with Gasteiger partial charge in [0.2, 0.25) is 5.76 Å². The third-order valence-corrected chi connectivity index (χ3v) is 7.97. The summed E-state index contributed by atoms with van der Waals surface area (Å²) in [5.41, 5.74) is 3.63. The van der Waals surface area contributed by atoms with Gasteiger partial charge in [-0.25, -0.2) is 4.98 Å². The molecule has 2 fully saturated rings. The number of aryl methyl sites for hydroxylation is 1. The first-order chi connectivity index (χ1) is 16.0. The maximum atomic E-state index is 13.3. The van der Waals surface area contributed by atoms with Crippen molar-refractivity contribution in [2.45, 2.75) is 78.1 Å². The van der Waals surface area contributed by atoms with Gasteiger partial charge < -0.3 is 19.5 Å². The Morgan fingerprint density at radius 2 is 1.94 bits per heavy atom. The van der Waals surface area contributed by atoms with Crippen molar-refractivity contribution in [1.82, 2.24) is 14.8 Å². The van der Waals surface area contributed by atoms with Gasteiger partial charge in [0.05, 0.1) is 23.6 Å². The molecule has 1 aromatic rings. The van der Waals surface area contributed by atoms with Gasteiger partial charge in [0.25, 0.3) is 5.91 Å². The minimum atomic E-state index is -0.728. The average Bonchev–Trinajstić information content (AvgIpc) is 3.55. The van der Waals surface area contributed by atoms with Crippen LogP contribution in [-0.4, -0.2) is 75.7 Å². The summed E-state index contributed by atoms with van der Waals surface area (Å²) in [5.74, 6) is 0.958. The summed E-state index contributed by atoms with van der Waals surface area (Å²) in [7, 11) is 0. The molecule has 4 aliphatic rings. The van der Waals surface area contributed by atoms with E-state index in [-0.39, 0.29) is 23.5 Å². The standard InChI is InChI=1S/C26H37N5O3/c1-15(2)20-12-30(9-10-31(20)24(32)22-16(3)28-14-33-22)26(6)23(27)18-11-25(4,5)34-13-19(18)21(29-26)17-7-8-17/h14-15,17,20,27H,7-13H2,1-6H3.